The number of fused-ring (bicyclic) bond motifs is 1. The van der Waals surface area contributed by atoms with E-state index >= 15 is 0 Å². The maximum atomic E-state index is 10.3. The molecule has 2 N–H and O–H groups in total. The minimum atomic E-state index is -0.967. The summed E-state index contributed by atoms with van der Waals surface area (Å²) in [7, 11) is 0. The Morgan fingerprint density at radius 3 is 2.93 bits per heavy atom. The third-order valence-electron chi connectivity index (χ3n) is 2.31. The van der Waals surface area contributed by atoms with Crippen molar-refractivity contribution in [2.24, 2.45) is 0 Å². The van der Waals surface area contributed by atoms with Crippen LogP contribution in [-0.4, -0.2) is 16.2 Å². The van der Waals surface area contributed by atoms with Gasteiger partial charge in [0, 0.05) is 6.08 Å². The predicted octanol–water partition coefficient (Wildman–Crippen LogP) is 1.84. The monoisotopic (exact) mass is 202 g/mol. The minimum absolute atomic E-state index is 0.530. The van der Waals surface area contributed by atoms with Crippen molar-refractivity contribution in [2.45, 2.75) is 6.10 Å². The number of carboxylic acids is 1. The highest BCUT2D eigenvalue weighted by Gasteiger charge is 2.13. The smallest absolute Gasteiger partial charge is 0.328 e. The van der Waals surface area contributed by atoms with Crippen LogP contribution in [0.3, 0.4) is 0 Å². The molecule has 0 aliphatic heterocycles. The van der Waals surface area contributed by atoms with Gasteiger partial charge in [-0.15, -0.1) is 0 Å². The summed E-state index contributed by atoms with van der Waals surface area (Å²) in [5.74, 6) is -0.967. The number of aliphatic hydroxyl groups excluding tert-OH is 1. The molecule has 1 atom stereocenters. The fraction of sp³-hybridized carbons (Fsp3) is 0.0833. The fourth-order valence-corrected chi connectivity index (χ4v) is 1.58. The van der Waals surface area contributed by atoms with Gasteiger partial charge in [-0.25, -0.2) is 4.79 Å². The van der Waals surface area contributed by atoms with E-state index in [9.17, 15) is 9.90 Å². The second kappa shape index (κ2) is 3.71. The predicted molar refractivity (Wildman–Crippen MR) is 57.1 cm³/mol. The van der Waals surface area contributed by atoms with Crippen LogP contribution in [0.1, 0.15) is 22.8 Å². The molecule has 1 unspecified atom stereocenters. The van der Waals surface area contributed by atoms with Crippen molar-refractivity contribution in [3.05, 3.63) is 47.0 Å². The second-order valence-corrected chi connectivity index (χ2v) is 3.36. The van der Waals surface area contributed by atoms with Crippen LogP contribution in [0.5, 0.6) is 0 Å². The van der Waals surface area contributed by atoms with Gasteiger partial charge in [0.15, 0.2) is 0 Å². The summed E-state index contributed by atoms with van der Waals surface area (Å²) in [5, 5.41) is 18.0. The van der Waals surface area contributed by atoms with Crippen LogP contribution in [-0.2, 0) is 4.79 Å². The SMILES string of the molecule is O=C(O)C=Cc1ccc2c(c1)C=CC2O. The zero-order valence-electron chi connectivity index (χ0n) is 7.92. The zero-order valence-corrected chi connectivity index (χ0v) is 7.92. The molecule has 1 aromatic carbocycles. The van der Waals surface area contributed by atoms with E-state index in [1.807, 2.05) is 18.2 Å². The summed E-state index contributed by atoms with van der Waals surface area (Å²) in [6.45, 7) is 0. The van der Waals surface area contributed by atoms with E-state index in [2.05, 4.69) is 0 Å². The Morgan fingerprint density at radius 2 is 2.20 bits per heavy atom. The van der Waals surface area contributed by atoms with Crippen molar-refractivity contribution in [3.63, 3.8) is 0 Å². The number of carboxylic acid groups (broad SMARTS) is 1. The molecule has 0 heterocycles. The van der Waals surface area contributed by atoms with Crippen molar-refractivity contribution < 1.29 is 15.0 Å². The van der Waals surface area contributed by atoms with Gasteiger partial charge in [-0.05, 0) is 28.8 Å². The maximum Gasteiger partial charge on any atom is 0.328 e. The highest BCUT2D eigenvalue weighted by atomic mass is 16.4. The van der Waals surface area contributed by atoms with Crippen molar-refractivity contribution in [1.29, 1.82) is 0 Å². The molecule has 3 nitrogen and oxygen atoms in total. The summed E-state index contributed by atoms with van der Waals surface area (Å²) in [6.07, 6.45) is 5.63. The van der Waals surface area contributed by atoms with Gasteiger partial charge in [0.1, 0.15) is 0 Å². The first-order chi connectivity index (χ1) is 7.16. The van der Waals surface area contributed by atoms with Crippen LogP contribution >= 0.6 is 0 Å². The Labute approximate surface area is 87.0 Å². The normalized spacial score (nSPS) is 18.3. The lowest BCUT2D eigenvalue weighted by Gasteiger charge is -2.04. The van der Waals surface area contributed by atoms with Crippen LogP contribution in [0.15, 0.2) is 30.4 Å². The summed E-state index contributed by atoms with van der Waals surface area (Å²) >= 11 is 0. The molecule has 3 heteroatoms. The van der Waals surface area contributed by atoms with Crippen LogP contribution in [0.25, 0.3) is 12.2 Å². The number of rotatable bonds is 2. The van der Waals surface area contributed by atoms with Gasteiger partial charge in [0.05, 0.1) is 6.10 Å². The molecule has 76 valence electrons. The molecule has 1 aromatic rings. The summed E-state index contributed by atoms with van der Waals surface area (Å²) in [6, 6.07) is 5.44. The Balaban J connectivity index is 2.31. The number of benzene rings is 1. The number of carbonyl (C=O) groups is 1. The first-order valence-corrected chi connectivity index (χ1v) is 4.58. The van der Waals surface area contributed by atoms with E-state index in [0.717, 1.165) is 22.8 Å². The Bertz CT molecular complexity index is 458. The first kappa shape index (κ1) is 9.68. The number of hydrogen-bond acceptors (Lipinski definition) is 2. The molecule has 15 heavy (non-hydrogen) atoms. The van der Waals surface area contributed by atoms with Gasteiger partial charge in [-0.2, -0.15) is 0 Å². The second-order valence-electron chi connectivity index (χ2n) is 3.36. The lowest BCUT2D eigenvalue weighted by molar-refractivity contribution is -0.131. The molecule has 0 spiro atoms. The molecule has 1 aliphatic rings. The molecular formula is C12H10O3. The highest BCUT2D eigenvalue weighted by Crippen LogP contribution is 2.28. The van der Waals surface area contributed by atoms with E-state index in [-0.39, 0.29) is 0 Å². The average Bonchev–Trinajstić information content (AvgIpc) is 2.57. The fourth-order valence-electron chi connectivity index (χ4n) is 1.58. The lowest BCUT2D eigenvalue weighted by atomic mass is 10.0. The van der Waals surface area contributed by atoms with Crippen molar-refractivity contribution in [1.82, 2.24) is 0 Å². The minimum Gasteiger partial charge on any atom is -0.478 e. The largest absolute Gasteiger partial charge is 0.478 e. The molecule has 2 rings (SSSR count). The molecule has 0 aromatic heterocycles. The van der Waals surface area contributed by atoms with Crippen LogP contribution in [0.2, 0.25) is 0 Å². The van der Waals surface area contributed by atoms with Gasteiger partial charge >= 0.3 is 5.97 Å². The van der Waals surface area contributed by atoms with E-state index in [1.54, 1.807) is 12.1 Å². The molecule has 0 radical (unpaired) electrons. The van der Waals surface area contributed by atoms with Crippen LogP contribution in [0.4, 0.5) is 0 Å². The lowest BCUT2D eigenvalue weighted by Crippen LogP contribution is -1.91. The van der Waals surface area contributed by atoms with Crippen LogP contribution < -0.4 is 0 Å². The summed E-state index contributed by atoms with van der Waals surface area (Å²) < 4.78 is 0. The zero-order chi connectivity index (χ0) is 10.8. The quantitative estimate of drug-likeness (QED) is 0.719. The standard InChI is InChI=1S/C12H10O3/c13-11-5-3-9-7-8(1-4-10(9)11)2-6-12(14)15/h1-7,11,13H,(H,14,15). The maximum absolute atomic E-state index is 10.3. The van der Waals surface area contributed by atoms with Gasteiger partial charge < -0.3 is 10.2 Å². The van der Waals surface area contributed by atoms with E-state index in [1.165, 1.54) is 6.08 Å². The van der Waals surface area contributed by atoms with Crippen molar-refractivity contribution >= 4 is 18.1 Å². The molecule has 1 aliphatic carbocycles. The Kier molecular flexibility index (Phi) is 2.39. The first-order valence-electron chi connectivity index (χ1n) is 4.58. The van der Waals surface area contributed by atoms with Gasteiger partial charge in [0.2, 0.25) is 0 Å². The molecule has 0 amide bonds. The van der Waals surface area contributed by atoms with E-state index in [4.69, 9.17) is 5.11 Å². The third kappa shape index (κ3) is 1.97. The highest BCUT2D eigenvalue weighted by molar-refractivity contribution is 5.85. The van der Waals surface area contributed by atoms with E-state index in [0.29, 0.717) is 0 Å². The number of aliphatic carboxylic acids is 1. The molecule has 0 fully saturated rings. The molecule has 0 bridgehead atoms. The Morgan fingerprint density at radius 1 is 1.40 bits per heavy atom. The van der Waals surface area contributed by atoms with Gasteiger partial charge in [-0.3, -0.25) is 0 Å². The molecule has 0 saturated heterocycles. The van der Waals surface area contributed by atoms with Crippen molar-refractivity contribution in [3.8, 4) is 0 Å². The van der Waals surface area contributed by atoms with Gasteiger partial charge in [0.25, 0.3) is 0 Å². The summed E-state index contributed by atoms with van der Waals surface area (Å²) in [5.41, 5.74) is 2.62. The molecular weight excluding hydrogens is 192 g/mol. The topological polar surface area (TPSA) is 57.5 Å². The van der Waals surface area contributed by atoms with Crippen LogP contribution in [0, 0.1) is 0 Å². The number of hydrogen-bond donors (Lipinski definition) is 2. The third-order valence-corrected chi connectivity index (χ3v) is 2.31. The van der Waals surface area contributed by atoms with Gasteiger partial charge in [-0.1, -0.05) is 24.3 Å². The average molecular weight is 202 g/mol. The number of aliphatic hydroxyl groups is 1. The Hall–Kier alpha value is -1.87. The summed E-state index contributed by atoms with van der Waals surface area (Å²) in [4.78, 5) is 10.3. The molecule has 0 saturated carbocycles. The van der Waals surface area contributed by atoms with E-state index < -0.39 is 12.1 Å². The van der Waals surface area contributed by atoms with Crippen molar-refractivity contribution in [2.75, 3.05) is 0 Å².